The second-order valence-corrected chi connectivity index (χ2v) is 5.99. The smallest absolute Gasteiger partial charge is 0.314 e. The van der Waals surface area contributed by atoms with Crippen LogP contribution in [0.2, 0.25) is 5.02 Å². The minimum absolute atomic E-state index is 0.294. The average molecular weight is 382 g/mol. The molecule has 0 saturated heterocycles. The Morgan fingerprint density at radius 2 is 1.33 bits per heavy atom. The van der Waals surface area contributed by atoms with Crippen molar-refractivity contribution in [2.75, 3.05) is 16.4 Å². The fourth-order valence-corrected chi connectivity index (χ4v) is 2.39. The van der Waals surface area contributed by atoms with Gasteiger partial charge in [0.25, 0.3) is 0 Å². The molecule has 0 atom stereocenters. The molecule has 27 heavy (non-hydrogen) atoms. The largest absolute Gasteiger partial charge is 0.457 e. The number of para-hydroxylation sites is 1. The van der Waals surface area contributed by atoms with E-state index in [1.165, 1.54) is 6.07 Å². The van der Waals surface area contributed by atoms with Gasteiger partial charge in [-0.05, 0) is 54.6 Å². The summed E-state index contributed by atoms with van der Waals surface area (Å²) in [6.45, 7) is 0. The summed E-state index contributed by atoms with van der Waals surface area (Å²) in [5.74, 6) is -0.309. The van der Waals surface area contributed by atoms with Crippen LogP contribution >= 0.6 is 11.6 Å². The highest BCUT2D eigenvalue weighted by molar-refractivity contribution is 6.43. The van der Waals surface area contributed by atoms with Crippen LogP contribution in [0.1, 0.15) is 0 Å². The van der Waals surface area contributed by atoms with Crippen molar-refractivity contribution in [3.8, 4) is 11.5 Å². The maximum Gasteiger partial charge on any atom is 0.314 e. The molecule has 0 radical (unpaired) electrons. The van der Waals surface area contributed by atoms with Crippen LogP contribution in [-0.4, -0.2) is 11.8 Å². The van der Waals surface area contributed by atoms with Crippen LogP contribution < -0.4 is 21.1 Å². The quantitative estimate of drug-likeness (QED) is 0.464. The van der Waals surface area contributed by atoms with Gasteiger partial charge in [0.05, 0.1) is 10.7 Å². The lowest BCUT2D eigenvalue weighted by Crippen LogP contribution is -2.29. The topological polar surface area (TPSA) is 93.5 Å². The fourth-order valence-electron chi connectivity index (χ4n) is 2.21. The van der Waals surface area contributed by atoms with Gasteiger partial charge in [-0.1, -0.05) is 29.8 Å². The highest BCUT2D eigenvalue weighted by Crippen LogP contribution is 2.24. The summed E-state index contributed by atoms with van der Waals surface area (Å²) in [5, 5.41) is 5.27. The van der Waals surface area contributed by atoms with Gasteiger partial charge in [-0.25, -0.2) is 0 Å². The zero-order valence-electron chi connectivity index (χ0n) is 14.1. The lowest BCUT2D eigenvalue weighted by atomic mass is 10.2. The Hall–Kier alpha value is -3.51. The van der Waals surface area contributed by atoms with E-state index < -0.39 is 11.8 Å². The third kappa shape index (κ3) is 4.99. The van der Waals surface area contributed by atoms with E-state index in [0.717, 1.165) is 0 Å². The Bertz CT molecular complexity index is 960. The first-order valence-electron chi connectivity index (χ1n) is 8.01. The highest BCUT2D eigenvalue weighted by atomic mass is 35.5. The second-order valence-electron chi connectivity index (χ2n) is 5.58. The summed E-state index contributed by atoms with van der Waals surface area (Å²) < 4.78 is 5.67. The Kier molecular flexibility index (Phi) is 5.58. The first-order chi connectivity index (χ1) is 13.0. The van der Waals surface area contributed by atoms with Crippen molar-refractivity contribution in [2.24, 2.45) is 0 Å². The molecule has 6 nitrogen and oxygen atoms in total. The Balaban J connectivity index is 1.58. The summed E-state index contributed by atoms with van der Waals surface area (Å²) in [6, 6.07) is 20.6. The van der Waals surface area contributed by atoms with E-state index in [1.807, 2.05) is 30.3 Å². The van der Waals surface area contributed by atoms with E-state index >= 15 is 0 Å². The van der Waals surface area contributed by atoms with Crippen molar-refractivity contribution >= 4 is 40.5 Å². The zero-order chi connectivity index (χ0) is 19.2. The van der Waals surface area contributed by atoms with Crippen LogP contribution in [0.5, 0.6) is 11.5 Å². The minimum Gasteiger partial charge on any atom is -0.457 e. The Labute approximate surface area is 160 Å². The summed E-state index contributed by atoms with van der Waals surface area (Å²) in [6.07, 6.45) is 0. The van der Waals surface area contributed by atoms with Crippen LogP contribution in [0.3, 0.4) is 0 Å². The number of nitrogens with one attached hydrogen (secondary N) is 2. The lowest BCUT2D eigenvalue weighted by Gasteiger charge is -2.09. The number of amides is 2. The first-order valence-corrected chi connectivity index (χ1v) is 8.39. The monoisotopic (exact) mass is 381 g/mol. The van der Waals surface area contributed by atoms with Crippen molar-refractivity contribution < 1.29 is 14.3 Å². The molecule has 0 saturated carbocycles. The van der Waals surface area contributed by atoms with E-state index in [0.29, 0.717) is 33.6 Å². The highest BCUT2D eigenvalue weighted by Gasteiger charge is 2.14. The number of hydrogen-bond donors (Lipinski definition) is 3. The number of carbonyl (C=O) groups is 2. The number of hydrogen-bond acceptors (Lipinski definition) is 4. The second kappa shape index (κ2) is 8.25. The third-order valence-electron chi connectivity index (χ3n) is 3.56. The first kappa shape index (κ1) is 18.3. The maximum absolute atomic E-state index is 12.0. The van der Waals surface area contributed by atoms with Gasteiger partial charge in [0.2, 0.25) is 0 Å². The molecule has 0 bridgehead atoms. The maximum atomic E-state index is 12.0. The van der Waals surface area contributed by atoms with Crippen molar-refractivity contribution in [3.05, 3.63) is 77.8 Å². The van der Waals surface area contributed by atoms with E-state index in [4.69, 9.17) is 22.1 Å². The number of rotatable bonds is 4. The number of carbonyl (C=O) groups excluding carboxylic acids is 2. The summed E-state index contributed by atoms with van der Waals surface area (Å²) in [7, 11) is 0. The van der Waals surface area contributed by atoms with Gasteiger partial charge in [-0.15, -0.1) is 0 Å². The van der Waals surface area contributed by atoms with Crippen LogP contribution in [0, 0.1) is 0 Å². The predicted molar refractivity (Wildman–Crippen MR) is 106 cm³/mol. The standard InChI is InChI=1S/C20H16ClN3O3/c21-17-12-14(8-11-18(17)22)24-20(26)19(25)23-13-6-9-16(10-7-13)27-15-4-2-1-3-5-15/h1-12H,22H2,(H,23,25)(H,24,26). The molecule has 2 amide bonds. The number of ether oxygens (including phenoxy) is 1. The normalized spacial score (nSPS) is 10.1. The van der Waals surface area contributed by atoms with Gasteiger partial charge in [0.15, 0.2) is 0 Å². The van der Waals surface area contributed by atoms with Crippen LogP contribution in [0.4, 0.5) is 17.1 Å². The van der Waals surface area contributed by atoms with Crippen LogP contribution in [0.15, 0.2) is 72.8 Å². The molecule has 7 heteroatoms. The van der Waals surface area contributed by atoms with Gasteiger partial charge in [0, 0.05) is 11.4 Å². The number of nitrogens with two attached hydrogens (primary N) is 1. The number of anilines is 3. The van der Waals surface area contributed by atoms with Gasteiger partial charge >= 0.3 is 11.8 Å². The van der Waals surface area contributed by atoms with E-state index in [-0.39, 0.29) is 0 Å². The summed E-state index contributed by atoms with van der Waals surface area (Å²) >= 11 is 5.89. The van der Waals surface area contributed by atoms with Gasteiger partial charge in [-0.2, -0.15) is 0 Å². The lowest BCUT2D eigenvalue weighted by molar-refractivity contribution is -0.132. The fraction of sp³-hybridized carbons (Fsp3) is 0. The predicted octanol–water partition coefficient (Wildman–Crippen LogP) is 4.29. The molecule has 0 heterocycles. The molecule has 4 N–H and O–H groups in total. The summed E-state index contributed by atoms with van der Waals surface area (Å²) in [5.41, 5.74) is 6.83. The van der Waals surface area contributed by atoms with E-state index in [1.54, 1.807) is 36.4 Å². The van der Waals surface area contributed by atoms with Gasteiger partial charge in [0.1, 0.15) is 11.5 Å². The van der Waals surface area contributed by atoms with Gasteiger partial charge in [-0.3, -0.25) is 9.59 Å². The molecular weight excluding hydrogens is 366 g/mol. The molecule has 0 fully saturated rings. The molecular formula is C20H16ClN3O3. The molecule has 0 unspecified atom stereocenters. The zero-order valence-corrected chi connectivity index (χ0v) is 14.9. The SMILES string of the molecule is Nc1ccc(NC(=O)C(=O)Nc2ccc(Oc3ccccc3)cc2)cc1Cl. The average Bonchev–Trinajstić information content (AvgIpc) is 2.67. The van der Waals surface area contributed by atoms with Crippen LogP contribution in [-0.2, 0) is 9.59 Å². The molecule has 3 rings (SSSR count). The molecule has 0 spiro atoms. The number of halogens is 1. The van der Waals surface area contributed by atoms with Gasteiger partial charge < -0.3 is 21.1 Å². The molecule has 3 aromatic rings. The van der Waals surface area contributed by atoms with Crippen molar-refractivity contribution in [1.29, 1.82) is 0 Å². The molecule has 0 aliphatic heterocycles. The van der Waals surface area contributed by atoms with Crippen molar-refractivity contribution in [1.82, 2.24) is 0 Å². The van der Waals surface area contributed by atoms with Crippen LogP contribution in [0.25, 0.3) is 0 Å². The molecule has 0 aliphatic carbocycles. The molecule has 3 aromatic carbocycles. The van der Waals surface area contributed by atoms with Crippen molar-refractivity contribution in [2.45, 2.75) is 0 Å². The number of benzene rings is 3. The van der Waals surface area contributed by atoms with E-state index in [2.05, 4.69) is 10.6 Å². The Morgan fingerprint density at radius 1 is 0.778 bits per heavy atom. The van der Waals surface area contributed by atoms with E-state index in [9.17, 15) is 9.59 Å². The third-order valence-corrected chi connectivity index (χ3v) is 3.88. The minimum atomic E-state index is -0.819. The number of nitrogen functional groups attached to an aromatic ring is 1. The van der Waals surface area contributed by atoms with Crippen molar-refractivity contribution in [3.63, 3.8) is 0 Å². The molecule has 0 aromatic heterocycles. The molecule has 0 aliphatic rings. The summed E-state index contributed by atoms with van der Waals surface area (Å²) in [4.78, 5) is 24.0. The molecule has 136 valence electrons. The Morgan fingerprint density at radius 3 is 1.96 bits per heavy atom.